The van der Waals surface area contributed by atoms with Crippen LogP contribution in [0, 0.1) is 5.92 Å². The highest BCUT2D eigenvalue weighted by atomic mass is 14.0. The Morgan fingerprint density at radius 3 is 2.36 bits per heavy atom. The Morgan fingerprint density at radius 2 is 1.91 bits per heavy atom. The number of hydrogen-bond donors (Lipinski definition) is 0. The van der Waals surface area contributed by atoms with Crippen molar-refractivity contribution in [1.29, 1.82) is 0 Å². The summed E-state index contributed by atoms with van der Waals surface area (Å²) < 4.78 is 0. The van der Waals surface area contributed by atoms with Gasteiger partial charge < -0.3 is 0 Å². The summed E-state index contributed by atoms with van der Waals surface area (Å²) >= 11 is 0. The zero-order valence-electron chi connectivity index (χ0n) is 8.48. The van der Waals surface area contributed by atoms with Gasteiger partial charge in [0.05, 0.1) is 0 Å². The molecule has 0 heteroatoms. The van der Waals surface area contributed by atoms with Crippen molar-refractivity contribution >= 4 is 0 Å². The third-order valence-corrected chi connectivity index (χ3v) is 1.99. The summed E-state index contributed by atoms with van der Waals surface area (Å²) in [6, 6.07) is 0. The average Bonchev–Trinajstić information content (AvgIpc) is 1.87. The molecule has 11 heavy (non-hydrogen) atoms. The highest BCUT2D eigenvalue weighted by molar-refractivity contribution is 4.92. The molecular formula is C11H22. The number of allylic oxidation sites excluding steroid dienone is 2. The van der Waals surface area contributed by atoms with Gasteiger partial charge in [0, 0.05) is 0 Å². The zero-order valence-corrected chi connectivity index (χ0v) is 8.48. The molecule has 0 rings (SSSR count). The number of rotatable bonds is 5. The lowest BCUT2D eigenvalue weighted by Gasteiger charge is -2.06. The lowest BCUT2D eigenvalue weighted by Crippen LogP contribution is -1.92. The van der Waals surface area contributed by atoms with E-state index in [4.69, 9.17) is 0 Å². The third-order valence-electron chi connectivity index (χ3n) is 1.99. The molecule has 0 radical (unpaired) electrons. The van der Waals surface area contributed by atoms with Gasteiger partial charge in [-0.15, -0.1) is 0 Å². The van der Waals surface area contributed by atoms with Crippen LogP contribution in [0.3, 0.4) is 0 Å². The highest BCUT2D eigenvalue weighted by Crippen LogP contribution is 2.12. The molecule has 1 atom stereocenters. The molecular weight excluding hydrogens is 132 g/mol. The molecule has 0 saturated heterocycles. The van der Waals surface area contributed by atoms with Crippen molar-refractivity contribution in [2.45, 2.75) is 53.4 Å². The molecule has 0 unspecified atom stereocenters. The Bertz CT molecular complexity index is 107. The van der Waals surface area contributed by atoms with Crippen molar-refractivity contribution in [3.8, 4) is 0 Å². The second-order valence-electron chi connectivity index (χ2n) is 3.75. The van der Waals surface area contributed by atoms with E-state index in [1.807, 2.05) is 0 Å². The Balaban J connectivity index is 3.31. The summed E-state index contributed by atoms with van der Waals surface area (Å²) in [4.78, 5) is 0. The molecule has 0 N–H and O–H groups in total. The van der Waals surface area contributed by atoms with Crippen LogP contribution in [0.5, 0.6) is 0 Å². The van der Waals surface area contributed by atoms with Crippen molar-refractivity contribution in [1.82, 2.24) is 0 Å². The summed E-state index contributed by atoms with van der Waals surface area (Å²) in [6.45, 7) is 8.95. The first-order valence-electron chi connectivity index (χ1n) is 4.80. The molecule has 0 saturated carbocycles. The van der Waals surface area contributed by atoms with Crippen molar-refractivity contribution in [3.05, 3.63) is 11.6 Å². The third kappa shape index (κ3) is 7.64. The lowest BCUT2D eigenvalue weighted by atomic mass is 10.00. The summed E-state index contributed by atoms with van der Waals surface area (Å²) in [5, 5.41) is 0. The molecule has 0 fully saturated rings. The van der Waals surface area contributed by atoms with Crippen LogP contribution in [-0.4, -0.2) is 0 Å². The Labute approximate surface area is 71.7 Å². The van der Waals surface area contributed by atoms with Gasteiger partial charge in [0.1, 0.15) is 0 Å². The minimum absolute atomic E-state index is 0.913. The molecule has 66 valence electrons. The quantitative estimate of drug-likeness (QED) is 0.521. The van der Waals surface area contributed by atoms with Crippen LogP contribution in [0.2, 0.25) is 0 Å². The van der Waals surface area contributed by atoms with Crippen molar-refractivity contribution in [2.24, 2.45) is 5.92 Å². The molecule has 0 aliphatic heterocycles. The van der Waals surface area contributed by atoms with E-state index in [1.165, 1.54) is 31.3 Å². The molecule has 0 aromatic carbocycles. The maximum atomic E-state index is 2.35. The van der Waals surface area contributed by atoms with Gasteiger partial charge in [-0.3, -0.25) is 0 Å². The molecule has 0 heterocycles. The lowest BCUT2D eigenvalue weighted by molar-refractivity contribution is 0.490. The molecule has 0 nitrogen and oxygen atoms in total. The fourth-order valence-electron chi connectivity index (χ4n) is 1.29. The molecule has 0 aliphatic carbocycles. The van der Waals surface area contributed by atoms with Crippen LogP contribution in [0.15, 0.2) is 11.6 Å². The molecule has 0 aliphatic rings. The second kappa shape index (κ2) is 6.45. The van der Waals surface area contributed by atoms with Crippen LogP contribution in [0.1, 0.15) is 53.4 Å². The standard InChI is InChI=1S/C11H22/c1-5-7-11(4)9-6-8-10(2)3/h8,11H,5-7,9H2,1-4H3/t11-/m1/s1. The predicted molar refractivity (Wildman–Crippen MR) is 52.7 cm³/mol. The van der Waals surface area contributed by atoms with Crippen molar-refractivity contribution < 1.29 is 0 Å². The number of hydrogen-bond acceptors (Lipinski definition) is 0. The summed E-state index contributed by atoms with van der Waals surface area (Å²) in [5.74, 6) is 0.913. The van der Waals surface area contributed by atoms with Crippen LogP contribution in [0.25, 0.3) is 0 Å². The predicted octanol–water partition coefficient (Wildman–Crippen LogP) is 4.17. The minimum atomic E-state index is 0.913. The van der Waals surface area contributed by atoms with E-state index in [-0.39, 0.29) is 0 Å². The average molecular weight is 154 g/mol. The van der Waals surface area contributed by atoms with E-state index < -0.39 is 0 Å². The SMILES string of the molecule is CCC[C@@H](C)CCC=C(C)C. The van der Waals surface area contributed by atoms with E-state index in [0.29, 0.717) is 0 Å². The Kier molecular flexibility index (Phi) is 6.30. The smallest absolute Gasteiger partial charge is 0.0346 e. The largest absolute Gasteiger partial charge is 0.0859 e. The fourth-order valence-corrected chi connectivity index (χ4v) is 1.29. The van der Waals surface area contributed by atoms with Gasteiger partial charge >= 0.3 is 0 Å². The van der Waals surface area contributed by atoms with Gasteiger partial charge in [-0.25, -0.2) is 0 Å². The van der Waals surface area contributed by atoms with Crippen molar-refractivity contribution in [2.75, 3.05) is 0 Å². The summed E-state index contributed by atoms with van der Waals surface area (Å²) in [7, 11) is 0. The highest BCUT2D eigenvalue weighted by Gasteiger charge is 1.97. The molecule has 0 aromatic rings. The Hall–Kier alpha value is -0.260. The fraction of sp³-hybridized carbons (Fsp3) is 0.818. The van der Waals surface area contributed by atoms with E-state index in [2.05, 4.69) is 33.8 Å². The van der Waals surface area contributed by atoms with Gasteiger partial charge in [-0.1, -0.05) is 38.3 Å². The maximum Gasteiger partial charge on any atom is -0.0346 e. The second-order valence-corrected chi connectivity index (χ2v) is 3.75. The maximum absolute atomic E-state index is 2.35. The van der Waals surface area contributed by atoms with Crippen LogP contribution >= 0.6 is 0 Å². The van der Waals surface area contributed by atoms with E-state index in [9.17, 15) is 0 Å². The monoisotopic (exact) mass is 154 g/mol. The molecule has 0 aromatic heterocycles. The first-order valence-corrected chi connectivity index (χ1v) is 4.80. The molecule has 0 amide bonds. The van der Waals surface area contributed by atoms with Gasteiger partial charge in [-0.05, 0) is 32.6 Å². The van der Waals surface area contributed by atoms with Gasteiger partial charge in [0.15, 0.2) is 0 Å². The van der Waals surface area contributed by atoms with Crippen LogP contribution in [0.4, 0.5) is 0 Å². The topological polar surface area (TPSA) is 0 Å². The zero-order chi connectivity index (χ0) is 8.69. The van der Waals surface area contributed by atoms with Crippen LogP contribution in [-0.2, 0) is 0 Å². The minimum Gasteiger partial charge on any atom is -0.0859 e. The molecule has 0 spiro atoms. The normalized spacial score (nSPS) is 12.7. The van der Waals surface area contributed by atoms with Gasteiger partial charge in [0.2, 0.25) is 0 Å². The summed E-state index contributed by atoms with van der Waals surface area (Å²) in [6.07, 6.45) is 7.68. The van der Waals surface area contributed by atoms with E-state index in [1.54, 1.807) is 0 Å². The van der Waals surface area contributed by atoms with Gasteiger partial charge in [-0.2, -0.15) is 0 Å². The van der Waals surface area contributed by atoms with E-state index >= 15 is 0 Å². The Morgan fingerprint density at radius 1 is 1.27 bits per heavy atom. The van der Waals surface area contributed by atoms with Crippen LogP contribution < -0.4 is 0 Å². The van der Waals surface area contributed by atoms with Crippen molar-refractivity contribution in [3.63, 3.8) is 0 Å². The summed E-state index contributed by atoms with van der Waals surface area (Å²) in [5.41, 5.74) is 1.45. The van der Waals surface area contributed by atoms with E-state index in [0.717, 1.165) is 5.92 Å². The first-order chi connectivity index (χ1) is 5.16. The molecule has 0 bridgehead atoms. The first kappa shape index (κ1) is 10.7. The van der Waals surface area contributed by atoms with Gasteiger partial charge in [0.25, 0.3) is 0 Å².